The summed E-state index contributed by atoms with van der Waals surface area (Å²) in [7, 11) is 0. The average molecular weight is 399 g/mol. The highest BCUT2D eigenvalue weighted by Crippen LogP contribution is 2.44. The predicted molar refractivity (Wildman–Crippen MR) is 109 cm³/mol. The van der Waals surface area contributed by atoms with Gasteiger partial charge in [-0.3, -0.25) is 9.20 Å². The van der Waals surface area contributed by atoms with Crippen LogP contribution in [-0.4, -0.2) is 40.6 Å². The molecule has 0 amide bonds. The van der Waals surface area contributed by atoms with Crippen LogP contribution in [0.3, 0.4) is 0 Å². The molecule has 2 saturated carbocycles. The van der Waals surface area contributed by atoms with Gasteiger partial charge in [-0.2, -0.15) is 0 Å². The summed E-state index contributed by atoms with van der Waals surface area (Å²) < 4.78 is 16.5. The lowest BCUT2D eigenvalue weighted by molar-refractivity contribution is 0.0694. The van der Waals surface area contributed by atoms with Crippen molar-refractivity contribution in [2.75, 3.05) is 18.0 Å². The Bertz CT molecular complexity index is 1060. The van der Waals surface area contributed by atoms with Gasteiger partial charge in [-0.05, 0) is 68.6 Å². The molecule has 2 aliphatic carbocycles. The molecule has 3 fully saturated rings. The van der Waals surface area contributed by atoms with Crippen LogP contribution < -0.4 is 15.8 Å². The number of hydrogen-bond acceptors (Lipinski definition) is 4. The molecular weight excluding hydrogens is 373 g/mol. The summed E-state index contributed by atoms with van der Waals surface area (Å²) >= 11 is 0. The van der Waals surface area contributed by atoms with E-state index in [-0.39, 0.29) is 11.5 Å². The van der Waals surface area contributed by atoms with Gasteiger partial charge in [0.05, 0.1) is 17.4 Å². The fourth-order valence-corrected chi connectivity index (χ4v) is 4.79. The second-order valence-corrected chi connectivity index (χ2v) is 8.79. The highest BCUT2D eigenvalue weighted by molar-refractivity contribution is 5.89. The maximum atomic E-state index is 15.3. The molecule has 0 spiro atoms. The molecule has 0 radical (unpaired) electrons. The maximum Gasteiger partial charge on any atom is 0.341 e. The third kappa shape index (κ3) is 3.31. The predicted octanol–water partition coefficient (Wildman–Crippen LogP) is 3.04. The van der Waals surface area contributed by atoms with Gasteiger partial charge in [0, 0.05) is 25.2 Å². The van der Waals surface area contributed by atoms with Crippen LogP contribution in [0.15, 0.2) is 17.1 Å². The van der Waals surface area contributed by atoms with Crippen LogP contribution in [-0.2, 0) is 0 Å². The van der Waals surface area contributed by atoms with Crippen LogP contribution in [0.5, 0.6) is 0 Å². The SMILES string of the molecule is Cc1c(N2CCC[C@@H](NC3CC3)C2)c(F)cn2c(=O)c(C(=O)O)cc(C3CC3)c12. The molecule has 1 aliphatic heterocycles. The molecule has 1 saturated heterocycles. The van der Waals surface area contributed by atoms with Crippen LogP contribution in [0.2, 0.25) is 0 Å². The molecule has 29 heavy (non-hydrogen) atoms. The number of nitrogens with zero attached hydrogens (tertiary/aromatic N) is 2. The Morgan fingerprint density at radius 3 is 2.62 bits per heavy atom. The van der Waals surface area contributed by atoms with E-state index in [1.807, 2.05) is 6.92 Å². The molecule has 2 N–H and O–H groups in total. The molecule has 0 aromatic carbocycles. The van der Waals surface area contributed by atoms with E-state index in [1.54, 1.807) is 0 Å². The Morgan fingerprint density at radius 2 is 1.97 bits per heavy atom. The third-order valence-electron chi connectivity index (χ3n) is 6.48. The number of fused-ring (bicyclic) bond motifs is 1. The van der Waals surface area contributed by atoms with Crippen LogP contribution in [0.1, 0.15) is 65.9 Å². The highest BCUT2D eigenvalue weighted by Gasteiger charge is 2.32. The van der Waals surface area contributed by atoms with Gasteiger partial charge in [0.15, 0.2) is 5.82 Å². The molecule has 6 nitrogen and oxygen atoms in total. The number of carboxylic acids is 1. The van der Waals surface area contributed by atoms with Crippen molar-refractivity contribution in [3.05, 3.63) is 45.1 Å². The number of rotatable bonds is 5. The van der Waals surface area contributed by atoms with E-state index in [0.717, 1.165) is 49.9 Å². The van der Waals surface area contributed by atoms with E-state index in [1.165, 1.54) is 29.5 Å². The van der Waals surface area contributed by atoms with Gasteiger partial charge in [0.1, 0.15) is 5.56 Å². The number of pyridine rings is 2. The summed E-state index contributed by atoms with van der Waals surface area (Å²) in [5, 5.41) is 13.1. The molecule has 7 heteroatoms. The smallest absolute Gasteiger partial charge is 0.341 e. The number of aryl methyl sites for hydroxylation is 1. The summed E-state index contributed by atoms with van der Waals surface area (Å²) in [5.74, 6) is -1.49. The summed E-state index contributed by atoms with van der Waals surface area (Å²) in [6, 6.07) is 2.47. The van der Waals surface area contributed by atoms with E-state index in [0.29, 0.717) is 23.3 Å². The number of nitrogens with one attached hydrogen (secondary N) is 1. The standard InChI is InChI=1S/C22H26FN3O3/c1-12-19-16(13-4-5-13)9-17(22(28)29)21(27)26(19)11-18(23)20(12)25-8-2-3-15(10-25)24-14-6-7-14/h9,11,13-15,24H,2-8,10H2,1H3,(H,28,29)/t15-/m1/s1. The first-order valence-electron chi connectivity index (χ1n) is 10.6. The summed E-state index contributed by atoms with van der Waals surface area (Å²) in [6.07, 6.45) is 7.66. The van der Waals surface area contributed by atoms with Crippen LogP contribution in [0.4, 0.5) is 10.1 Å². The quantitative estimate of drug-likeness (QED) is 0.809. The molecule has 0 bridgehead atoms. The van der Waals surface area contributed by atoms with Gasteiger partial charge in [-0.15, -0.1) is 0 Å². The number of hydrogen-bond donors (Lipinski definition) is 2. The van der Waals surface area contributed by atoms with Gasteiger partial charge in [0.25, 0.3) is 5.56 Å². The van der Waals surface area contributed by atoms with Crippen molar-refractivity contribution in [1.82, 2.24) is 9.72 Å². The Kier molecular flexibility index (Phi) is 4.38. The van der Waals surface area contributed by atoms with E-state index in [2.05, 4.69) is 10.2 Å². The van der Waals surface area contributed by atoms with Gasteiger partial charge < -0.3 is 15.3 Å². The van der Waals surface area contributed by atoms with Crippen molar-refractivity contribution in [1.29, 1.82) is 0 Å². The molecular formula is C22H26FN3O3. The lowest BCUT2D eigenvalue weighted by atomic mass is 10.00. The number of piperidine rings is 1. The van der Waals surface area contributed by atoms with Gasteiger partial charge in [-0.25, -0.2) is 9.18 Å². The summed E-state index contributed by atoms with van der Waals surface area (Å²) in [5.41, 5.74) is 1.85. The second kappa shape index (κ2) is 6.83. The lowest BCUT2D eigenvalue weighted by Crippen LogP contribution is -2.47. The molecule has 2 aromatic heterocycles. The summed E-state index contributed by atoms with van der Waals surface area (Å²) in [4.78, 5) is 26.4. The minimum atomic E-state index is -1.27. The lowest BCUT2D eigenvalue weighted by Gasteiger charge is -2.36. The monoisotopic (exact) mass is 399 g/mol. The first kappa shape index (κ1) is 18.6. The minimum absolute atomic E-state index is 0.242. The zero-order chi connectivity index (χ0) is 20.3. The van der Waals surface area contributed by atoms with Crippen LogP contribution in [0, 0.1) is 12.7 Å². The van der Waals surface area contributed by atoms with Crippen molar-refractivity contribution >= 4 is 17.2 Å². The first-order valence-corrected chi connectivity index (χ1v) is 10.6. The first-order chi connectivity index (χ1) is 13.9. The highest BCUT2D eigenvalue weighted by atomic mass is 19.1. The largest absolute Gasteiger partial charge is 0.477 e. The van der Waals surface area contributed by atoms with Crippen molar-refractivity contribution < 1.29 is 14.3 Å². The maximum absolute atomic E-state index is 15.3. The van der Waals surface area contributed by atoms with Crippen molar-refractivity contribution in [3.63, 3.8) is 0 Å². The zero-order valence-corrected chi connectivity index (χ0v) is 16.6. The Balaban J connectivity index is 1.63. The molecule has 1 atom stereocenters. The fourth-order valence-electron chi connectivity index (χ4n) is 4.79. The topological polar surface area (TPSA) is 74.0 Å². The molecule has 0 unspecified atom stereocenters. The molecule has 2 aromatic rings. The normalized spacial score (nSPS) is 22.3. The third-order valence-corrected chi connectivity index (χ3v) is 6.48. The Morgan fingerprint density at radius 1 is 1.21 bits per heavy atom. The molecule has 3 heterocycles. The van der Waals surface area contributed by atoms with E-state index in [9.17, 15) is 14.7 Å². The Hall–Kier alpha value is -2.41. The number of aromatic carboxylic acids is 1. The number of carboxylic acid groups (broad SMARTS) is 1. The van der Waals surface area contributed by atoms with E-state index >= 15 is 4.39 Å². The van der Waals surface area contributed by atoms with Crippen molar-refractivity contribution in [2.45, 2.75) is 63.5 Å². The fraction of sp³-hybridized carbons (Fsp3) is 0.545. The van der Waals surface area contributed by atoms with Gasteiger partial charge in [-0.1, -0.05) is 0 Å². The van der Waals surface area contributed by atoms with Crippen LogP contribution in [0.25, 0.3) is 5.52 Å². The van der Waals surface area contributed by atoms with Crippen molar-refractivity contribution in [2.24, 2.45) is 0 Å². The number of halogens is 1. The molecule has 3 aliphatic rings. The van der Waals surface area contributed by atoms with E-state index < -0.39 is 17.3 Å². The van der Waals surface area contributed by atoms with Crippen molar-refractivity contribution in [3.8, 4) is 0 Å². The molecule has 154 valence electrons. The average Bonchev–Trinajstić information content (AvgIpc) is 3.57. The van der Waals surface area contributed by atoms with Gasteiger partial charge >= 0.3 is 5.97 Å². The van der Waals surface area contributed by atoms with Gasteiger partial charge in [0.2, 0.25) is 0 Å². The Labute approximate surface area is 168 Å². The number of anilines is 1. The summed E-state index contributed by atoms with van der Waals surface area (Å²) in [6.45, 7) is 3.39. The minimum Gasteiger partial charge on any atom is -0.477 e. The number of aromatic nitrogens is 1. The zero-order valence-electron chi connectivity index (χ0n) is 16.6. The molecule has 5 rings (SSSR count). The van der Waals surface area contributed by atoms with Crippen LogP contribution >= 0.6 is 0 Å². The van der Waals surface area contributed by atoms with E-state index in [4.69, 9.17) is 0 Å². The number of carbonyl (C=O) groups is 1. The second-order valence-electron chi connectivity index (χ2n) is 8.79.